The zero-order valence-corrected chi connectivity index (χ0v) is 12.8. The average molecular weight is 306 g/mol. The fraction of sp³-hybridized carbons (Fsp3) is 0.429. The molecular formula is C14H18N4O2S. The fourth-order valence-corrected chi connectivity index (χ4v) is 3.41. The third-order valence-corrected chi connectivity index (χ3v) is 4.78. The van der Waals surface area contributed by atoms with E-state index in [4.69, 9.17) is 10.5 Å². The molecule has 1 unspecified atom stereocenters. The number of rotatable bonds is 6. The Hall–Kier alpha value is -2.02. The quantitative estimate of drug-likeness (QED) is 0.714. The van der Waals surface area contributed by atoms with E-state index >= 15 is 0 Å². The summed E-state index contributed by atoms with van der Waals surface area (Å²) < 4.78 is 5.37. The number of Topliss-reactive ketones (excluding diaryl/α,β-unsaturated/α-hetero) is 1. The molecule has 0 bridgehead atoms. The van der Waals surface area contributed by atoms with Crippen molar-refractivity contribution in [1.82, 2.24) is 10.2 Å². The Bertz CT molecular complexity index is 646. The van der Waals surface area contributed by atoms with E-state index in [2.05, 4.69) is 15.5 Å². The number of nitrogens with two attached hydrogens (primary N) is 1. The molecule has 0 amide bonds. The molecule has 0 aliphatic heterocycles. The molecule has 0 saturated heterocycles. The van der Waals surface area contributed by atoms with Crippen LogP contribution in [0.4, 0.5) is 10.7 Å². The van der Waals surface area contributed by atoms with Crippen LogP contribution >= 0.6 is 11.3 Å². The van der Waals surface area contributed by atoms with Crippen LogP contribution in [-0.2, 0) is 0 Å². The lowest BCUT2D eigenvalue weighted by molar-refractivity contribution is 0.0972. The number of carbonyl (C=O) groups is 1. The average Bonchev–Trinajstić information content (AvgIpc) is 3.07. The van der Waals surface area contributed by atoms with Gasteiger partial charge in [0.1, 0.15) is 5.00 Å². The molecule has 1 atom stereocenters. The number of anilines is 2. The number of nitrogen functional groups attached to an aromatic ring is 1. The molecule has 2 aromatic heterocycles. The number of nitrogens with zero attached hydrogens (tertiary/aromatic N) is 1. The van der Waals surface area contributed by atoms with Crippen molar-refractivity contribution in [2.45, 2.75) is 25.8 Å². The van der Waals surface area contributed by atoms with Gasteiger partial charge in [0, 0.05) is 17.7 Å². The lowest BCUT2D eigenvalue weighted by Crippen LogP contribution is -2.05. The minimum atomic E-state index is 0.0413. The number of carbonyl (C=O) groups excluding carboxylic acids is 1. The van der Waals surface area contributed by atoms with Crippen molar-refractivity contribution in [3.05, 3.63) is 22.8 Å². The predicted molar refractivity (Wildman–Crippen MR) is 83.0 cm³/mol. The first-order valence-corrected chi connectivity index (χ1v) is 7.69. The van der Waals surface area contributed by atoms with Gasteiger partial charge in [-0.2, -0.15) is 5.10 Å². The monoisotopic (exact) mass is 306 g/mol. The molecule has 1 saturated carbocycles. The highest BCUT2D eigenvalue weighted by Gasteiger charge is 2.34. The third kappa shape index (κ3) is 2.61. The summed E-state index contributed by atoms with van der Waals surface area (Å²) in [4.78, 5) is 12.9. The molecule has 0 aromatic carbocycles. The topological polar surface area (TPSA) is 93.0 Å². The first-order chi connectivity index (χ1) is 10.1. The zero-order chi connectivity index (χ0) is 15.0. The number of ketones is 1. The largest absolute Gasteiger partial charge is 0.492 e. The summed E-state index contributed by atoms with van der Waals surface area (Å²) in [7, 11) is 1.57. The van der Waals surface area contributed by atoms with E-state index < -0.39 is 0 Å². The zero-order valence-electron chi connectivity index (χ0n) is 12.0. The Morgan fingerprint density at radius 1 is 1.62 bits per heavy atom. The smallest absolute Gasteiger partial charge is 0.178 e. The van der Waals surface area contributed by atoms with Crippen molar-refractivity contribution in [3.63, 3.8) is 0 Å². The second-order valence-electron chi connectivity index (χ2n) is 5.24. The molecule has 7 heteroatoms. The van der Waals surface area contributed by atoms with Crippen LogP contribution in [0.1, 0.15) is 41.0 Å². The van der Waals surface area contributed by atoms with Crippen LogP contribution in [0.5, 0.6) is 5.75 Å². The fourth-order valence-electron chi connectivity index (χ4n) is 2.22. The van der Waals surface area contributed by atoms with Gasteiger partial charge in [-0.25, -0.2) is 0 Å². The molecule has 1 aliphatic carbocycles. The van der Waals surface area contributed by atoms with Gasteiger partial charge in [0.05, 0.1) is 29.9 Å². The molecule has 3 rings (SSSR count). The SMILES string of the molecule is COc1c(NC(C)c2cn[nH]c2)sc(C(=O)C2CC2)c1N. The number of aromatic amines is 1. The van der Waals surface area contributed by atoms with Gasteiger partial charge >= 0.3 is 0 Å². The van der Waals surface area contributed by atoms with Gasteiger partial charge in [-0.1, -0.05) is 0 Å². The van der Waals surface area contributed by atoms with E-state index in [9.17, 15) is 4.79 Å². The number of methoxy groups -OCH3 is 1. The minimum Gasteiger partial charge on any atom is -0.492 e. The van der Waals surface area contributed by atoms with Crippen LogP contribution in [-0.4, -0.2) is 23.1 Å². The summed E-state index contributed by atoms with van der Waals surface area (Å²) >= 11 is 1.37. The minimum absolute atomic E-state index is 0.0413. The molecule has 112 valence electrons. The van der Waals surface area contributed by atoms with E-state index in [0.29, 0.717) is 16.3 Å². The third-order valence-electron chi connectivity index (χ3n) is 3.64. The maximum atomic E-state index is 12.3. The normalized spacial score (nSPS) is 15.7. The summed E-state index contributed by atoms with van der Waals surface area (Å²) in [6, 6.07) is 0.0413. The molecule has 4 N–H and O–H groups in total. The number of thiophene rings is 1. The van der Waals surface area contributed by atoms with E-state index in [1.54, 1.807) is 13.3 Å². The molecule has 0 spiro atoms. The maximum Gasteiger partial charge on any atom is 0.178 e. The van der Waals surface area contributed by atoms with Crippen molar-refractivity contribution in [2.24, 2.45) is 5.92 Å². The molecule has 1 aliphatic rings. The Kier molecular flexibility index (Phi) is 3.59. The van der Waals surface area contributed by atoms with Gasteiger partial charge in [-0.3, -0.25) is 9.89 Å². The van der Waals surface area contributed by atoms with Crippen molar-refractivity contribution >= 4 is 27.8 Å². The van der Waals surface area contributed by atoms with Gasteiger partial charge in [-0.15, -0.1) is 11.3 Å². The van der Waals surface area contributed by atoms with Gasteiger partial charge in [0.15, 0.2) is 11.5 Å². The summed E-state index contributed by atoms with van der Waals surface area (Å²) in [5, 5.41) is 10.9. The first kappa shape index (κ1) is 13.9. The molecule has 0 radical (unpaired) electrons. The second kappa shape index (κ2) is 5.40. The van der Waals surface area contributed by atoms with Crippen molar-refractivity contribution < 1.29 is 9.53 Å². The molecule has 1 fully saturated rings. The van der Waals surface area contributed by atoms with Crippen LogP contribution in [0.15, 0.2) is 12.4 Å². The number of nitrogens with one attached hydrogen (secondary N) is 2. The van der Waals surface area contributed by atoms with Crippen LogP contribution < -0.4 is 15.8 Å². The number of hydrogen-bond donors (Lipinski definition) is 3. The summed E-state index contributed by atoms with van der Waals surface area (Å²) in [6.45, 7) is 2.02. The van der Waals surface area contributed by atoms with Crippen molar-refractivity contribution in [1.29, 1.82) is 0 Å². The molecule has 2 aromatic rings. The Balaban J connectivity index is 1.87. The lowest BCUT2D eigenvalue weighted by atomic mass is 10.2. The highest BCUT2D eigenvalue weighted by molar-refractivity contribution is 7.19. The predicted octanol–water partition coefficient (Wildman–Crippen LogP) is 2.83. The molecule has 2 heterocycles. The highest BCUT2D eigenvalue weighted by atomic mass is 32.1. The van der Waals surface area contributed by atoms with Crippen LogP contribution in [0.25, 0.3) is 0 Å². The van der Waals surface area contributed by atoms with Gasteiger partial charge in [0.25, 0.3) is 0 Å². The van der Waals surface area contributed by atoms with E-state index in [1.165, 1.54) is 11.3 Å². The molecule has 6 nitrogen and oxygen atoms in total. The summed E-state index contributed by atoms with van der Waals surface area (Å²) in [5.74, 6) is 0.842. The van der Waals surface area contributed by atoms with Crippen LogP contribution in [0, 0.1) is 5.92 Å². The van der Waals surface area contributed by atoms with Crippen molar-refractivity contribution in [2.75, 3.05) is 18.2 Å². The first-order valence-electron chi connectivity index (χ1n) is 6.87. The lowest BCUT2D eigenvalue weighted by Gasteiger charge is -2.13. The van der Waals surface area contributed by atoms with E-state index in [1.807, 2.05) is 13.1 Å². The standard InChI is InChI=1S/C14H18N4O2S/c1-7(9-5-16-17-6-9)18-14-12(20-2)10(15)13(21-14)11(19)8-3-4-8/h5-8,18H,3-4,15H2,1-2H3,(H,16,17). The maximum absolute atomic E-state index is 12.3. The number of H-pyrrole nitrogens is 1. The number of aromatic nitrogens is 2. The number of hydrogen-bond acceptors (Lipinski definition) is 6. The van der Waals surface area contributed by atoms with E-state index in [0.717, 1.165) is 23.4 Å². The van der Waals surface area contributed by atoms with Gasteiger partial charge < -0.3 is 15.8 Å². The van der Waals surface area contributed by atoms with Crippen LogP contribution in [0.3, 0.4) is 0 Å². The Labute approximate surface area is 126 Å². The summed E-state index contributed by atoms with van der Waals surface area (Å²) in [5.41, 5.74) is 7.55. The second-order valence-corrected chi connectivity index (χ2v) is 6.26. The summed E-state index contributed by atoms with van der Waals surface area (Å²) in [6.07, 6.45) is 5.52. The Morgan fingerprint density at radius 3 is 2.95 bits per heavy atom. The Morgan fingerprint density at radius 2 is 2.38 bits per heavy atom. The van der Waals surface area contributed by atoms with Gasteiger partial charge in [-0.05, 0) is 19.8 Å². The van der Waals surface area contributed by atoms with E-state index in [-0.39, 0.29) is 17.7 Å². The number of ether oxygens (including phenoxy) is 1. The highest BCUT2D eigenvalue weighted by Crippen LogP contribution is 2.46. The van der Waals surface area contributed by atoms with Crippen LogP contribution in [0.2, 0.25) is 0 Å². The van der Waals surface area contributed by atoms with Crippen molar-refractivity contribution in [3.8, 4) is 5.75 Å². The molecule has 21 heavy (non-hydrogen) atoms. The van der Waals surface area contributed by atoms with Gasteiger partial charge in [0.2, 0.25) is 0 Å². The molecular weight excluding hydrogens is 288 g/mol.